The van der Waals surface area contributed by atoms with Crippen molar-refractivity contribution in [1.29, 1.82) is 5.41 Å². The third-order valence-electron chi connectivity index (χ3n) is 6.42. The summed E-state index contributed by atoms with van der Waals surface area (Å²) in [5.41, 5.74) is -1.46. The molecule has 1 saturated carbocycles. The van der Waals surface area contributed by atoms with Crippen LogP contribution in [0.1, 0.15) is 79.1 Å². The standard InChI is InChI=1S/C23H42N4O6S/c1-22(2,15-33-20-8-6-7-13-32-20)18(24)14-19(28)25-21(29)23(3,4)26-16-9-11-17(12-10-16)27-34(5,30)31/h16-17,20,24,26-27H,6-15H2,1-5H3,(H,25,28,29). The van der Waals surface area contributed by atoms with Crippen molar-refractivity contribution in [2.45, 2.75) is 103 Å². The number of ether oxygens (including phenoxy) is 2. The Labute approximate surface area is 203 Å². The molecule has 0 aromatic rings. The summed E-state index contributed by atoms with van der Waals surface area (Å²) in [6.07, 6.45) is 6.42. The number of hydrogen-bond acceptors (Lipinski definition) is 8. The van der Waals surface area contributed by atoms with Crippen LogP contribution in [0.15, 0.2) is 0 Å². The average molecular weight is 503 g/mol. The largest absolute Gasteiger partial charge is 0.353 e. The van der Waals surface area contributed by atoms with Gasteiger partial charge in [0, 0.05) is 29.8 Å². The van der Waals surface area contributed by atoms with Crippen molar-refractivity contribution < 1.29 is 27.5 Å². The van der Waals surface area contributed by atoms with Gasteiger partial charge in [-0.25, -0.2) is 13.1 Å². The average Bonchev–Trinajstić information content (AvgIpc) is 2.73. The molecule has 2 rings (SSSR count). The van der Waals surface area contributed by atoms with Crippen molar-refractivity contribution in [1.82, 2.24) is 15.4 Å². The highest BCUT2D eigenvalue weighted by Crippen LogP contribution is 2.24. The zero-order valence-electron chi connectivity index (χ0n) is 21.2. The molecule has 1 unspecified atom stereocenters. The zero-order valence-corrected chi connectivity index (χ0v) is 22.0. The molecular weight excluding hydrogens is 460 g/mol. The second-order valence-corrected chi connectivity index (χ2v) is 12.5. The third kappa shape index (κ3) is 9.69. The molecule has 0 spiro atoms. The molecule has 2 fully saturated rings. The third-order valence-corrected chi connectivity index (χ3v) is 7.18. The van der Waals surface area contributed by atoms with Gasteiger partial charge in [-0.15, -0.1) is 0 Å². The van der Waals surface area contributed by atoms with Crippen molar-refractivity contribution in [3.63, 3.8) is 0 Å². The first-order valence-corrected chi connectivity index (χ1v) is 14.0. The van der Waals surface area contributed by atoms with Gasteiger partial charge in [-0.1, -0.05) is 13.8 Å². The fourth-order valence-corrected chi connectivity index (χ4v) is 5.03. The monoisotopic (exact) mass is 502 g/mol. The quantitative estimate of drug-likeness (QED) is 0.315. The minimum atomic E-state index is -3.24. The van der Waals surface area contributed by atoms with E-state index in [0.717, 1.165) is 38.4 Å². The fourth-order valence-electron chi connectivity index (χ4n) is 4.19. The number of rotatable bonds is 11. The molecule has 0 aromatic heterocycles. The predicted octanol–water partition coefficient (Wildman–Crippen LogP) is 1.84. The van der Waals surface area contributed by atoms with E-state index >= 15 is 0 Å². The lowest BCUT2D eigenvalue weighted by atomic mass is 9.86. The van der Waals surface area contributed by atoms with Crippen LogP contribution in [0.4, 0.5) is 0 Å². The Balaban J connectivity index is 1.77. The highest BCUT2D eigenvalue weighted by atomic mass is 32.2. The maximum absolute atomic E-state index is 12.8. The number of imide groups is 1. The van der Waals surface area contributed by atoms with E-state index in [2.05, 4.69) is 15.4 Å². The minimum Gasteiger partial charge on any atom is -0.353 e. The number of hydrogen-bond donors (Lipinski definition) is 4. The van der Waals surface area contributed by atoms with E-state index in [-0.39, 0.29) is 37.1 Å². The van der Waals surface area contributed by atoms with Gasteiger partial charge in [0.05, 0.1) is 24.8 Å². The van der Waals surface area contributed by atoms with Gasteiger partial charge in [-0.3, -0.25) is 14.9 Å². The van der Waals surface area contributed by atoms with Crippen molar-refractivity contribution in [3.8, 4) is 0 Å². The Hall–Kier alpha value is -1.40. The molecule has 0 radical (unpaired) electrons. The summed E-state index contributed by atoms with van der Waals surface area (Å²) in [6.45, 7) is 8.05. The van der Waals surface area contributed by atoms with Gasteiger partial charge in [0.25, 0.3) is 0 Å². The van der Waals surface area contributed by atoms with Gasteiger partial charge in [-0.05, 0) is 58.8 Å². The van der Waals surface area contributed by atoms with Gasteiger partial charge in [-0.2, -0.15) is 0 Å². The fraction of sp³-hybridized carbons (Fsp3) is 0.870. The molecule has 2 aliphatic rings. The van der Waals surface area contributed by atoms with Crippen LogP contribution in [0.25, 0.3) is 0 Å². The lowest BCUT2D eigenvalue weighted by Crippen LogP contribution is -2.58. The van der Waals surface area contributed by atoms with Crippen molar-refractivity contribution >= 4 is 27.5 Å². The Morgan fingerprint density at radius 2 is 1.65 bits per heavy atom. The normalized spacial score (nSPS) is 24.4. The Bertz CT molecular complexity index is 828. The number of carbonyl (C=O) groups is 2. The van der Waals surface area contributed by atoms with Crippen LogP contribution in [0.2, 0.25) is 0 Å². The second-order valence-electron chi connectivity index (χ2n) is 10.7. The number of carbonyl (C=O) groups excluding carboxylic acids is 2. The second kappa shape index (κ2) is 12.0. The van der Waals surface area contributed by atoms with E-state index in [0.29, 0.717) is 19.4 Å². The lowest BCUT2D eigenvalue weighted by molar-refractivity contribution is -0.171. The number of nitrogens with one attached hydrogen (secondary N) is 4. The van der Waals surface area contributed by atoms with Crippen molar-refractivity contribution in [2.75, 3.05) is 19.5 Å². The Kier molecular flexibility index (Phi) is 10.2. The zero-order chi connectivity index (χ0) is 25.6. The molecule has 2 amide bonds. The summed E-state index contributed by atoms with van der Waals surface area (Å²) in [4.78, 5) is 25.3. The molecule has 1 aliphatic heterocycles. The molecule has 4 N–H and O–H groups in total. The molecule has 1 aliphatic carbocycles. The smallest absolute Gasteiger partial charge is 0.246 e. The van der Waals surface area contributed by atoms with Gasteiger partial charge in [0.2, 0.25) is 21.8 Å². The van der Waals surface area contributed by atoms with E-state index in [1.54, 1.807) is 13.8 Å². The van der Waals surface area contributed by atoms with Crippen LogP contribution < -0.4 is 15.4 Å². The molecule has 11 heteroatoms. The van der Waals surface area contributed by atoms with Gasteiger partial charge in [0.1, 0.15) is 0 Å². The van der Waals surface area contributed by atoms with E-state index < -0.39 is 32.8 Å². The molecule has 1 saturated heterocycles. The molecule has 1 heterocycles. The van der Waals surface area contributed by atoms with E-state index in [9.17, 15) is 18.0 Å². The molecule has 34 heavy (non-hydrogen) atoms. The molecule has 0 bridgehead atoms. The summed E-state index contributed by atoms with van der Waals surface area (Å²) in [5, 5.41) is 14.1. The molecule has 1 atom stereocenters. The lowest BCUT2D eigenvalue weighted by Gasteiger charge is -2.35. The van der Waals surface area contributed by atoms with Crippen molar-refractivity contribution in [3.05, 3.63) is 0 Å². The Morgan fingerprint density at radius 3 is 2.21 bits per heavy atom. The molecule has 10 nitrogen and oxygen atoms in total. The first-order valence-electron chi connectivity index (χ1n) is 12.1. The summed E-state index contributed by atoms with van der Waals surface area (Å²) in [6, 6.07) is -0.0422. The maximum atomic E-state index is 12.8. The van der Waals surface area contributed by atoms with Crippen LogP contribution in [-0.4, -0.2) is 69.3 Å². The van der Waals surface area contributed by atoms with Crippen molar-refractivity contribution in [2.24, 2.45) is 5.41 Å². The number of amides is 2. The summed E-state index contributed by atoms with van der Waals surface area (Å²) in [7, 11) is -3.24. The van der Waals surface area contributed by atoms with Crippen LogP contribution in [0.3, 0.4) is 0 Å². The molecule has 196 valence electrons. The predicted molar refractivity (Wildman–Crippen MR) is 130 cm³/mol. The maximum Gasteiger partial charge on any atom is 0.246 e. The van der Waals surface area contributed by atoms with Crippen LogP contribution in [0.5, 0.6) is 0 Å². The summed E-state index contributed by atoms with van der Waals surface area (Å²) < 4.78 is 36.8. The highest BCUT2D eigenvalue weighted by Gasteiger charge is 2.34. The first kappa shape index (κ1) is 28.8. The van der Waals surface area contributed by atoms with E-state index in [1.165, 1.54) is 0 Å². The van der Waals surface area contributed by atoms with Crippen LogP contribution >= 0.6 is 0 Å². The first-order chi connectivity index (χ1) is 15.7. The van der Waals surface area contributed by atoms with E-state index in [4.69, 9.17) is 14.9 Å². The summed E-state index contributed by atoms with van der Waals surface area (Å²) in [5.74, 6) is -0.973. The van der Waals surface area contributed by atoms with Gasteiger partial charge >= 0.3 is 0 Å². The van der Waals surface area contributed by atoms with E-state index in [1.807, 2.05) is 13.8 Å². The molecular formula is C23H42N4O6S. The SMILES string of the molecule is CC(C)(COC1CCCCO1)C(=N)CC(=O)NC(=O)C(C)(C)NC1CCC(NS(C)(=O)=O)CC1. The minimum absolute atomic E-state index is 0.0462. The van der Waals surface area contributed by atoms with Crippen LogP contribution in [-0.2, 0) is 29.1 Å². The van der Waals surface area contributed by atoms with Gasteiger partial charge in [0.15, 0.2) is 6.29 Å². The summed E-state index contributed by atoms with van der Waals surface area (Å²) >= 11 is 0. The topological polar surface area (TPSA) is 147 Å². The number of sulfonamides is 1. The Morgan fingerprint density at radius 1 is 1.03 bits per heavy atom. The van der Waals surface area contributed by atoms with Crippen LogP contribution in [0, 0.1) is 10.8 Å². The molecule has 0 aromatic carbocycles. The highest BCUT2D eigenvalue weighted by molar-refractivity contribution is 7.88. The van der Waals surface area contributed by atoms with Gasteiger partial charge < -0.3 is 20.2 Å².